The molecule has 0 aromatic carbocycles. The summed E-state index contributed by atoms with van der Waals surface area (Å²) in [4.78, 5) is 40.9. The molecule has 9 heteroatoms. The normalized spacial score (nSPS) is 17.0. The first-order chi connectivity index (χ1) is 11.5. The Morgan fingerprint density at radius 1 is 1.46 bits per heavy atom. The maximum atomic E-state index is 12.3. The zero-order chi connectivity index (χ0) is 17.5. The summed E-state index contributed by atoms with van der Waals surface area (Å²) in [5, 5.41) is 13.8. The van der Waals surface area contributed by atoms with Gasteiger partial charge in [-0.1, -0.05) is 13.3 Å². The molecular formula is C15H21N3O4S2. The minimum atomic E-state index is -1.05. The highest BCUT2D eigenvalue weighted by Gasteiger charge is 2.33. The first kappa shape index (κ1) is 18.7. The fourth-order valence-electron chi connectivity index (χ4n) is 2.31. The largest absolute Gasteiger partial charge is 0.476 e. The lowest BCUT2D eigenvalue weighted by Gasteiger charge is -2.23. The molecule has 24 heavy (non-hydrogen) atoms. The van der Waals surface area contributed by atoms with E-state index in [0.29, 0.717) is 36.0 Å². The van der Waals surface area contributed by atoms with Gasteiger partial charge < -0.3 is 15.3 Å². The molecule has 0 spiro atoms. The number of rotatable bonds is 8. The van der Waals surface area contributed by atoms with Gasteiger partial charge in [0.15, 0.2) is 5.69 Å². The Balaban J connectivity index is 1.80. The second-order valence-electron chi connectivity index (χ2n) is 5.46. The number of aromatic carboxylic acids is 1. The number of carboxylic acids is 1. The average molecular weight is 371 g/mol. The fraction of sp³-hybridized carbons (Fsp3) is 0.600. The predicted octanol–water partition coefficient (Wildman–Crippen LogP) is 1.59. The van der Waals surface area contributed by atoms with E-state index in [1.54, 1.807) is 16.7 Å². The average Bonchev–Trinajstić information content (AvgIpc) is 3.21. The van der Waals surface area contributed by atoms with Crippen LogP contribution >= 0.6 is 23.1 Å². The van der Waals surface area contributed by atoms with Crippen molar-refractivity contribution in [3.63, 3.8) is 0 Å². The van der Waals surface area contributed by atoms with Crippen LogP contribution in [0.25, 0.3) is 0 Å². The topological polar surface area (TPSA) is 99.6 Å². The molecule has 1 fully saturated rings. The summed E-state index contributed by atoms with van der Waals surface area (Å²) in [6.07, 6.45) is 2.76. The summed E-state index contributed by atoms with van der Waals surface area (Å²) in [7, 11) is 0. The number of unbranched alkanes of at least 4 members (excludes halogenated alkanes) is 1. The molecule has 1 aliphatic heterocycles. The number of carbonyl (C=O) groups excluding carboxylic acids is 2. The van der Waals surface area contributed by atoms with Crippen LogP contribution in [0.4, 0.5) is 0 Å². The van der Waals surface area contributed by atoms with E-state index in [1.807, 2.05) is 6.92 Å². The van der Waals surface area contributed by atoms with E-state index in [2.05, 4.69) is 10.3 Å². The molecule has 2 rings (SSSR count). The van der Waals surface area contributed by atoms with Gasteiger partial charge in [-0.15, -0.1) is 23.1 Å². The minimum Gasteiger partial charge on any atom is -0.476 e. The molecule has 2 amide bonds. The highest BCUT2D eigenvalue weighted by Crippen LogP contribution is 2.22. The third kappa shape index (κ3) is 4.94. The van der Waals surface area contributed by atoms with Crippen LogP contribution in [0.2, 0.25) is 0 Å². The Kier molecular flexibility index (Phi) is 7.04. The summed E-state index contributed by atoms with van der Waals surface area (Å²) < 4.78 is 0. The van der Waals surface area contributed by atoms with E-state index in [1.165, 1.54) is 16.7 Å². The van der Waals surface area contributed by atoms with Gasteiger partial charge in [0.25, 0.3) is 0 Å². The van der Waals surface area contributed by atoms with Crippen molar-refractivity contribution >= 4 is 40.9 Å². The van der Waals surface area contributed by atoms with Crippen molar-refractivity contribution in [2.45, 2.75) is 38.6 Å². The molecule has 1 unspecified atom stereocenters. The van der Waals surface area contributed by atoms with Crippen molar-refractivity contribution in [1.82, 2.24) is 15.2 Å². The van der Waals surface area contributed by atoms with Crippen LogP contribution < -0.4 is 5.32 Å². The molecule has 0 bridgehead atoms. The van der Waals surface area contributed by atoms with Crippen LogP contribution in [0, 0.1) is 0 Å². The lowest BCUT2D eigenvalue weighted by atomic mass is 10.2. The lowest BCUT2D eigenvalue weighted by molar-refractivity contribution is -0.138. The Labute approximate surface area is 148 Å². The number of amides is 2. The number of thioether (sulfide) groups is 1. The quantitative estimate of drug-likeness (QED) is 0.720. The number of carboxylic acid groups (broad SMARTS) is 1. The van der Waals surface area contributed by atoms with E-state index in [4.69, 9.17) is 5.11 Å². The molecule has 1 atom stereocenters. The molecule has 2 heterocycles. The number of carbonyl (C=O) groups is 3. The van der Waals surface area contributed by atoms with Gasteiger partial charge in [0, 0.05) is 30.5 Å². The lowest BCUT2D eigenvalue weighted by Crippen LogP contribution is -2.47. The predicted molar refractivity (Wildman–Crippen MR) is 93.3 cm³/mol. The highest BCUT2D eigenvalue weighted by atomic mass is 32.2. The van der Waals surface area contributed by atoms with E-state index < -0.39 is 12.0 Å². The molecule has 1 saturated heterocycles. The second kappa shape index (κ2) is 9.03. The first-order valence-electron chi connectivity index (χ1n) is 7.85. The Hall–Kier alpha value is -1.61. The fourth-order valence-corrected chi connectivity index (χ4v) is 4.26. The molecule has 0 radical (unpaired) electrons. The third-order valence-electron chi connectivity index (χ3n) is 3.66. The van der Waals surface area contributed by atoms with Gasteiger partial charge in [0.05, 0.1) is 10.9 Å². The molecule has 1 aliphatic rings. The monoisotopic (exact) mass is 371 g/mol. The smallest absolute Gasteiger partial charge is 0.355 e. The van der Waals surface area contributed by atoms with E-state index in [0.717, 1.165) is 12.8 Å². The Morgan fingerprint density at radius 2 is 2.25 bits per heavy atom. The van der Waals surface area contributed by atoms with Crippen molar-refractivity contribution in [2.24, 2.45) is 0 Å². The Morgan fingerprint density at radius 3 is 2.92 bits per heavy atom. The summed E-state index contributed by atoms with van der Waals surface area (Å²) in [6.45, 7) is 2.41. The maximum Gasteiger partial charge on any atom is 0.355 e. The van der Waals surface area contributed by atoms with Gasteiger partial charge in [-0.2, -0.15) is 0 Å². The van der Waals surface area contributed by atoms with Crippen LogP contribution in [0.5, 0.6) is 0 Å². The maximum absolute atomic E-state index is 12.3. The summed E-state index contributed by atoms with van der Waals surface area (Å²) in [5.41, 5.74) is 0.0289. The third-order valence-corrected chi connectivity index (χ3v) is 5.58. The highest BCUT2D eigenvalue weighted by molar-refractivity contribution is 7.99. The summed E-state index contributed by atoms with van der Waals surface area (Å²) in [6, 6.07) is -0.412. The minimum absolute atomic E-state index is 0.0289. The van der Waals surface area contributed by atoms with Gasteiger partial charge >= 0.3 is 5.97 Å². The number of nitrogens with zero attached hydrogens (tertiary/aromatic N) is 2. The summed E-state index contributed by atoms with van der Waals surface area (Å²) >= 11 is 2.85. The van der Waals surface area contributed by atoms with Gasteiger partial charge in [0.1, 0.15) is 6.04 Å². The van der Waals surface area contributed by atoms with Gasteiger partial charge in [-0.3, -0.25) is 9.59 Å². The van der Waals surface area contributed by atoms with Gasteiger partial charge in [0.2, 0.25) is 11.8 Å². The number of hydrogen-bond acceptors (Lipinski definition) is 6. The van der Waals surface area contributed by atoms with Crippen molar-refractivity contribution < 1.29 is 19.5 Å². The van der Waals surface area contributed by atoms with E-state index in [-0.39, 0.29) is 17.5 Å². The Bertz CT molecular complexity index is 605. The van der Waals surface area contributed by atoms with Crippen LogP contribution in [0.15, 0.2) is 5.38 Å². The molecule has 7 nitrogen and oxygen atoms in total. The van der Waals surface area contributed by atoms with Crippen LogP contribution in [0.3, 0.4) is 0 Å². The van der Waals surface area contributed by atoms with Crippen molar-refractivity contribution in [2.75, 3.05) is 18.2 Å². The van der Waals surface area contributed by atoms with Gasteiger partial charge in [-0.25, -0.2) is 9.78 Å². The molecule has 0 saturated carbocycles. The number of thiazole rings is 1. The van der Waals surface area contributed by atoms with Crippen molar-refractivity contribution in [3.05, 3.63) is 16.1 Å². The molecule has 132 valence electrons. The van der Waals surface area contributed by atoms with Crippen LogP contribution in [-0.2, 0) is 16.0 Å². The van der Waals surface area contributed by atoms with Gasteiger partial charge in [-0.05, 0) is 6.42 Å². The first-order valence-corrected chi connectivity index (χ1v) is 9.89. The standard InChI is InChI=1S/C15H21N3O4S2/c1-2-3-4-13(19)18-9-23-8-11(18)14(20)16-6-5-12-17-10(7-24-12)15(21)22/h7,11H,2-6,8-9H2,1H3,(H,16,20)(H,21,22). The molecule has 0 aliphatic carbocycles. The number of hydrogen-bond donors (Lipinski definition) is 2. The van der Waals surface area contributed by atoms with Crippen LogP contribution in [-0.4, -0.2) is 57.0 Å². The van der Waals surface area contributed by atoms with Crippen LogP contribution in [0.1, 0.15) is 41.7 Å². The SMILES string of the molecule is CCCCC(=O)N1CSCC1C(=O)NCCc1nc(C(=O)O)cs1. The molecule has 2 N–H and O–H groups in total. The number of aromatic nitrogens is 1. The second-order valence-corrected chi connectivity index (χ2v) is 7.40. The molecule has 1 aromatic heterocycles. The summed E-state index contributed by atoms with van der Waals surface area (Å²) in [5.74, 6) is 0.0118. The van der Waals surface area contributed by atoms with Crippen molar-refractivity contribution in [1.29, 1.82) is 0 Å². The number of nitrogens with one attached hydrogen (secondary N) is 1. The van der Waals surface area contributed by atoms with E-state index in [9.17, 15) is 14.4 Å². The van der Waals surface area contributed by atoms with E-state index >= 15 is 0 Å². The molecule has 1 aromatic rings. The van der Waals surface area contributed by atoms with Crippen molar-refractivity contribution in [3.8, 4) is 0 Å². The zero-order valence-corrected chi connectivity index (χ0v) is 15.1. The molecular weight excluding hydrogens is 350 g/mol. The zero-order valence-electron chi connectivity index (χ0n) is 13.5.